The van der Waals surface area contributed by atoms with Gasteiger partial charge < -0.3 is 10.2 Å². The molecule has 0 saturated heterocycles. The summed E-state index contributed by atoms with van der Waals surface area (Å²) in [6.07, 6.45) is 1.11. The van der Waals surface area contributed by atoms with Crippen LogP contribution in [0.1, 0.15) is 11.3 Å². The van der Waals surface area contributed by atoms with Gasteiger partial charge in [-0.2, -0.15) is 0 Å². The van der Waals surface area contributed by atoms with Gasteiger partial charge in [0.25, 0.3) is 0 Å². The zero-order valence-corrected chi connectivity index (χ0v) is 10.6. The van der Waals surface area contributed by atoms with Crippen molar-refractivity contribution in [3.05, 3.63) is 53.7 Å². The van der Waals surface area contributed by atoms with Crippen molar-refractivity contribution in [2.75, 3.05) is 18.5 Å². The Balaban J connectivity index is 1.94. The average molecular weight is 239 g/mol. The highest BCUT2D eigenvalue weighted by Gasteiger charge is 2.20. The Bertz CT molecular complexity index is 551. The molecule has 3 rings (SSSR count). The molecular weight excluding hydrogens is 222 g/mol. The highest BCUT2D eigenvalue weighted by Crippen LogP contribution is 2.32. The van der Waals surface area contributed by atoms with Crippen molar-refractivity contribution in [3.8, 4) is 0 Å². The maximum Gasteiger partial charge on any atom is 0.133 e. The van der Waals surface area contributed by atoms with Crippen LogP contribution in [-0.4, -0.2) is 18.6 Å². The molecule has 1 aliphatic heterocycles. The number of pyridine rings is 1. The predicted octanol–water partition coefficient (Wildman–Crippen LogP) is 2.50. The summed E-state index contributed by atoms with van der Waals surface area (Å²) < 4.78 is 0. The lowest BCUT2D eigenvalue weighted by Crippen LogP contribution is -2.16. The van der Waals surface area contributed by atoms with Crippen molar-refractivity contribution in [1.29, 1.82) is 0 Å². The number of nitrogens with one attached hydrogen (secondary N) is 1. The zero-order valence-electron chi connectivity index (χ0n) is 10.6. The van der Waals surface area contributed by atoms with Crippen LogP contribution in [0, 0.1) is 0 Å². The minimum Gasteiger partial charge on any atom is -0.326 e. The Hall–Kier alpha value is -1.87. The lowest BCUT2D eigenvalue weighted by Gasteiger charge is -2.18. The molecule has 0 radical (unpaired) electrons. The lowest BCUT2D eigenvalue weighted by molar-refractivity contribution is 0.788. The SMILES string of the molecule is CNCc1cccc(N2CCc3ccccc32)n1. The second kappa shape index (κ2) is 4.78. The van der Waals surface area contributed by atoms with Gasteiger partial charge in [-0.05, 0) is 37.2 Å². The van der Waals surface area contributed by atoms with Crippen LogP contribution >= 0.6 is 0 Å². The summed E-state index contributed by atoms with van der Waals surface area (Å²) in [5.74, 6) is 1.05. The Kier molecular flexibility index (Phi) is 2.99. The molecule has 0 spiro atoms. The van der Waals surface area contributed by atoms with Crippen LogP contribution in [0.25, 0.3) is 0 Å². The first-order valence-corrected chi connectivity index (χ1v) is 6.34. The smallest absolute Gasteiger partial charge is 0.133 e. The summed E-state index contributed by atoms with van der Waals surface area (Å²) in [6, 6.07) is 14.8. The van der Waals surface area contributed by atoms with Gasteiger partial charge in [0.2, 0.25) is 0 Å². The second-order valence-corrected chi connectivity index (χ2v) is 4.55. The molecule has 0 amide bonds. The standard InChI is InChI=1S/C15H17N3/c1-16-11-13-6-4-8-15(17-13)18-10-9-12-5-2-3-7-14(12)18/h2-8,16H,9-11H2,1H3. The monoisotopic (exact) mass is 239 g/mol. The number of hydrogen-bond acceptors (Lipinski definition) is 3. The Morgan fingerprint density at radius 3 is 2.94 bits per heavy atom. The van der Waals surface area contributed by atoms with E-state index in [1.54, 1.807) is 0 Å². The molecule has 0 saturated carbocycles. The van der Waals surface area contributed by atoms with E-state index in [0.717, 1.165) is 31.0 Å². The molecule has 1 aromatic heterocycles. The fourth-order valence-corrected chi connectivity index (χ4v) is 2.47. The van der Waals surface area contributed by atoms with E-state index in [2.05, 4.69) is 52.7 Å². The van der Waals surface area contributed by atoms with Crippen LogP contribution in [0.5, 0.6) is 0 Å². The Morgan fingerprint density at radius 1 is 1.17 bits per heavy atom. The molecule has 0 atom stereocenters. The number of nitrogens with zero attached hydrogens (tertiary/aromatic N) is 2. The van der Waals surface area contributed by atoms with E-state index < -0.39 is 0 Å². The van der Waals surface area contributed by atoms with Crippen molar-refractivity contribution >= 4 is 11.5 Å². The van der Waals surface area contributed by atoms with Crippen LogP contribution in [-0.2, 0) is 13.0 Å². The number of fused-ring (bicyclic) bond motifs is 1. The third-order valence-electron chi connectivity index (χ3n) is 3.31. The molecule has 0 unspecified atom stereocenters. The molecule has 2 heterocycles. The number of aromatic nitrogens is 1. The fourth-order valence-electron chi connectivity index (χ4n) is 2.47. The van der Waals surface area contributed by atoms with Crippen molar-refractivity contribution in [1.82, 2.24) is 10.3 Å². The highest BCUT2D eigenvalue weighted by molar-refractivity contribution is 5.67. The van der Waals surface area contributed by atoms with Crippen LogP contribution in [0.15, 0.2) is 42.5 Å². The minimum atomic E-state index is 0.809. The molecular formula is C15H17N3. The van der Waals surface area contributed by atoms with Crippen LogP contribution in [0.4, 0.5) is 11.5 Å². The molecule has 0 aliphatic carbocycles. The van der Waals surface area contributed by atoms with E-state index in [1.807, 2.05) is 7.05 Å². The number of anilines is 2. The van der Waals surface area contributed by atoms with E-state index in [9.17, 15) is 0 Å². The first-order valence-electron chi connectivity index (χ1n) is 6.34. The summed E-state index contributed by atoms with van der Waals surface area (Å²) in [5, 5.41) is 3.14. The summed E-state index contributed by atoms with van der Waals surface area (Å²) in [5.41, 5.74) is 3.80. The molecule has 3 heteroatoms. The lowest BCUT2D eigenvalue weighted by atomic mass is 10.2. The van der Waals surface area contributed by atoms with Crippen molar-refractivity contribution < 1.29 is 0 Å². The van der Waals surface area contributed by atoms with Crippen molar-refractivity contribution in [2.24, 2.45) is 0 Å². The van der Waals surface area contributed by atoms with Gasteiger partial charge in [-0.25, -0.2) is 4.98 Å². The largest absolute Gasteiger partial charge is 0.326 e. The number of para-hydroxylation sites is 1. The molecule has 2 aromatic rings. The van der Waals surface area contributed by atoms with Crippen LogP contribution in [0.3, 0.4) is 0 Å². The summed E-state index contributed by atoms with van der Waals surface area (Å²) >= 11 is 0. The van der Waals surface area contributed by atoms with E-state index in [0.29, 0.717) is 0 Å². The molecule has 3 nitrogen and oxygen atoms in total. The predicted molar refractivity (Wildman–Crippen MR) is 74.2 cm³/mol. The average Bonchev–Trinajstić information content (AvgIpc) is 2.83. The van der Waals surface area contributed by atoms with Crippen LogP contribution in [0.2, 0.25) is 0 Å². The molecule has 92 valence electrons. The summed E-state index contributed by atoms with van der Waals surface area (Å²) in [4.78, 5) is 7.01. The molecule has 1 aromatic carbocycles. The Morgan fingerprint density at radius 2 is 2.06 bits per heavy atom. The topological polar surface area (TPSA) is 28.2 Å². The second-order valence-electron chi connectivity index (χ2n) is 4.55. The fraction of sp³-hybridized carbons (Fsp3) is 0.267. The van der Waals surface area contributed by atoms with E-state index in [1.165, 1.54) is 11.3 Å². The molecule has 1 N–H and O–H groups in total. The van der Waals surface area contributed by atoms with Gasteiger partial charge >= 0.3 is 0 Å². The van der Waals surface area contributed by atoms with E-state index >= 15 is 0 Å². The van der Waals surface area contributed by atoms with Gasteiger partial charge in [0, 0.05) is 18.8 Å². The first-order chi connectivity index (χ1) is 8.88. The van der Waals surface area contributed by atoms with Gasteiger partial charge in [0.05, 0.1) is 5.69 Å². The van der Waals surface area contributed by atoms with Gasteiger partial charge in [0.15, 0.2) is 0 Å². The van der Waals surface area contributed by atoms with Crippen molar-refractivity contribution in [2.45, 2.75) is 13.0 Å². The maximum atomic E-state index is 4.71. The third kappa shape index (κ3) is 1.97. The minimum absolute atomic E-state index is 0.809. The van der Waals surface area contributed by atoms with E-state index in [-0.39, 0.29) is 0 Å². The number of rotatable bonds is 3. The zero-order chi connectivity index (χ0) is 12.4. The molecule has 1 aliphatic rings. The van der Waals surface area contributed by atoms with Gasteiger partial charge in [-0.15, -0.1) is 0 Å². The highest BCUT2D eigenvalue weighted by atomic mass is 15.2. The van der Waals surface area contributed by atoms with Crippen LogP contribution < -0.4 is 10.2 Å². The van der Waals surface area contributed by atoms with Crippen molar-refractivity contribution in [3.63, 3.8) is 0 Å². The van der Waals surface area contributed by atoms with Gasteiger partial charge in [-0.3, -0.25) is 0 Å². The summed E-state index contributed by atoms with van der Waals surface area (Å²) in [7, 11) is 1.94. The number of benzene rings is 1. The first kappa shape index (κ1) is 11.2. The molecule has 0 bridgehead atoms. The quantitative estimate of drug-likeness (QED) is 0.892. The van der Waals surface area contributed by atoms with Gasteiger partial charge in [0.1, 0.15) is 5.82 Å². The third-order valence-corrected chi connectivity index (χ3v) is 3.31. The normalized spacial score (nSPS) is 13.7. The molecule has 18 heavy (non-hydrogen) atoms. The summed E-state index contributed by atoms with van der Waals surface area (Å²) in [6.45, 7) is 1.83. The number of hydrogen-bond donors (Lipinski definition) is 1. The Labute approximate surface area is 107 Å². The van der Waals surface area contributed by atoms with Gasteiger partial charge in [-0.1, -0.05) is 24.3 Å². The maximum absolute atomic E-state index is 4.71. The molecule has 0 fully saturated rings. The van der Waals surface area contributed by atoms with E-state index in [4.69, 9.17) is 4.98 Å².